The van der Waals surface area contributed by atoms with E-state index in [0.29, 0.717) is 0 Å². The van der Waals surface area contributed by atoms with Crippen molar-refractivity contribution < 1.29 is 9.13 Å². The molecule has 0 atom stereocenters. The highest BCUT2D eigenvalue weighted by molar-refractivity contribution is 5.44. The average molecular weight is 221 g/mol. The van der Waals surface area contributed by atoms with Gasteiger partial charge in [-0.05, 0) is 12.1 Å². The summed E-state index contributed by atoms with van der Waals surface area (Å²) in [6, 6.07) is 3.89. The van der Waals surface area contributed by atoms with Crippen LogP contribution in [0.2, 0.25) is 0 Å². The van der Waals surface area contributed by atoms with E-state index in [1.807, 2.05) is 0 Å². The summed E-state index contributed by atoms with van der Waals surface area (Å²) in [6.07, 6.45) is 2.74. The number of aromatic nitrogens is 2. The first-order valence-electron chi connectivity index (χ1n) is 4.43. The van der Waals surface area contributed by atoms with Crippen molar-refractivity contribution in [2.75, 3.05) is 5.73 Å². The third kappa shape index (κ3) is 2.00. The number of aromatic amines is 1. The van der Waals surface area contributed by atoms with Crippen molar-refractivity contribution >= 4 is 5.69 Å². The standard InChI is InChI=1S/C10H8FN3O2/c11-7-5-6(1-2-8(7)12)16-10-9(15)13-3-4-14-10/h1-5H,12H2,(H,13,15). The molecule has 5 nitrogen and oxygen atoms in total. The number of nitrogen functional groups attached to an aromatic ring is 1. The van der Waals surface area contributed by atoms with Gasteiger partial charge in [-0.1, -0.05) is 0 Å². The summed E-state index contributed by atoms with van der Waals surface area (Å²) in [5.41, 5.74) is 4.83. The number of H-pyrrole nitrogens is 1. The highest BCUT2D eigenvalue weighted by atomic mass is 19.1. The minimum Gasteiger partial charge on any atom is -0.435 e. The molecule has 6 heteroatoms. The molecule has 2 aromatic rings. The molecule has 0 amide bonds. The maximum atomic E-state index is 13.1. The Labute approximate surface area is 89.7 Å². The number of anilines is 1. The van der Waals surface area contributed by atoms with Gasteiger partial charge in [0.2, 0.25) is 0 Å². The van der Waals surface area contributed by atoms with Gasteiger partial charge in [0.05, 0.1) is 5.69 Å². The highest BCUT2D eigenvalue weighted by Gasteiger charge is 2.05. The molecule has 16 heavy (non-hydrogen) atoms. The number of nitrogens with two attached hydrogens (primary N) is 1. The molecule has 0 unspecified atom stereocenters. The first kappa shape index (κ1) is 10.2. The minimum atomic E-state index is -0.607. The fourth-order valence-corrected chi connectivity index (χ4v) is 1.09. The number of hydrogen-bond acceptors (Lipinski definition) is 4. The number of nitrogens with zero attached hydrogens (tertiary/aromatic N) is 1. The van der Waals surface area contributed by atoms with Crippen molar-refractivity contribution in [3.05, 3.63) is 46.8 Å². The molecule has 1 aromatic carbocycles. The van der Waals surface area contributed by atoms with E-state index in [1.165, 1.54) is 24.5 Å². The molecule has 0 radical (unpaired) electrons. The molecular weight excluding hydrogens is 213 g/mol. The van der Waals surface area contributed by atoms with E-state index in [9.17, 15) is 9.18 Å². The quantitative estimate of drug-likeness (QED) is 0.748. The summed E-state index contributed by atoms with van der Waals surface area (Å²) in [4.78, 5) is 17.3. The Morgan fingerprint density at radius 1 is 1.44 bits per heavy atom. The smallest absolute Gasteiger partial charge is 0.311 e. The van der Waals surface area contributed by atoms with Gasteiger partial charge in [0.15, 0.2) is 0 Å². The number of nitrogens with one attached hydrogen (secondary N) is 1. The summed E-state index contributed by atoms with van der Waals surface area (Å²) in [5.74, 6) is -0.590. The Morgan fingerprint density at radius 3 is 2.94 bits per heavy atom. The van der Waals surface area contributed by atoms with Crippen molar-refractivity contribution in [2.45, 2.75) is 0 Å². The lowest BCUT2D eigenvalue weighted by Gasteiger charge is -2.04. The lowest BCUT2D eigenvalue weighted by Crippen LogP contribution is -2.09. The summed E-state index contributed by atoms with van der Waals surface area (Å²) in [5, 5.41) is 0. The number of ether oxygens (including phenoxy) is 1. The van der Waals surface area contributed by atoms with Gasteiger partial charge >= 0.3 is 5.56 Å². The molecule has 0 saturated heterocycles. The molecule has 0 saturated carbocycles. The van der Waals surface area contributed by atoms with Crippen LogP contribution in [0.4, 0.5) is 10.1 Å². The molecule has 0 spiro atoms. The van der Waals surface area contributed by atoms with Crippen LogP contribution in [0.25, 0.3) is 0 Å². The first-order valence-corrected chi connectivity index (χ1v) is 4.43. The van der Waals surface area contributed by atoms with Gasteiger partial charge in [-0.15, -0.1) is 0 Å². The topological polar surface area (TPSA) is 81.0 Å². The van der Waals surface area contributed by atoms with Crippen molar-refractivity contribution in [3.8, 4) is 11.6 Å². The normalized spacial score (nSPS) is 10.1. The summed E-state index contributed by atoms with van der Waals surface area (Å²) in [7, 11) is 0. The van der Waals surface area contributed by atoms with E-state index >= 15 is 0 Å². The van der Waals surface area contributed by atoms with Crippen LogP contribution in [-0.4, -0.2) is 9.97 Å². The van der Waals surface area contributed by atoms with Crippen molar-refractivity contribution in [3.63, 3.8) is 0 Å². The van der Waals surface area contributed by atoms with Crippen LogP contribution < -0.4 is 16.0 Å². The molecule has 3 N–H and O–H groups in total. The van der Waals surface area contributed by atoms with Crippen LogP contribution in [0.1, 0.15) is 0 Å². The lowest BCUT2D eigenvalue weighted by molar-refractivity contribution is 0.450. The molecule has 0 bridgehead atoms. The van der Waals surface area contributed by atoms with Gasteiger partial charge in [0.25, 0.3) is 5.88 Å². The number of rotatable bonds is 2. The highest BCUT2D eigenvalue weighted by Crippen LogP contribution is 2.20. The number of halogens is 1. The second-order valence-corrected chi connectivity index (χ2v) is 3.01. The molecule has 1 aromatic heterocycles. The maximum Gasteiger partial charge on any atom is 0.311 e. The lowest BCUT2D eigenvalue weighted by atomic mass is 10.3. The largest absolute Gasteiger partial charge is 0.435 e. The van der Waals surface area contributed by atoms with Crippen LogP contribution in [0.3, 0.4) is 0 Å². The van der Waals surface area contributed by atoms with Crippen LogP contribution in [0.5, 0.6) is 11.6 Å². The van der Waals surface area contributed by atoms with Crippen molar-refractivity contribution in [2.24, 2.45) is 0 Å². The first-order chi connectivity index (χ1) is 7.66. The van der Waals surface area contributed by atoms with E-state index in [0.717, 1.165) is 6.07 Å². The van der Waals surface area contributed by atoms with Crippen LogP contribution in [0, 0.1) is 5.82 Å². The van der Waals surface area contributed by atoms with Gasteiger partial charge in [-0.25, -0.2) is 9.37 Å². The van der Waals surface area contributed by atoms with Crippen molar-refractivity contribution in [1.29, 1.82) is 0 Å². The SMILES string of the molecule is Nc1ccc(Oc2ncc[nH]c2=O)cc1F. The second kappa shape index (κ2) is 4.01. The van der Waals surface area contributed by atoms with Gasteiger partial charge in [0, 0.05) is 18.5 Å². The predicted molar refractivity (Wildman–Crippen MR) is 55.7 cm³/mol. The van der Waals surface area contributed by atoms with Crippen molar-refractivity contribution in [1.82, 2.24) is 9.97 Å². The maximum absolute atomic E-state index is 13.1. The van der Waals surface area contributed by atoms with E-state index in [4.69, 9.17) is 10.5 Å². The van der Waals surface area contributed by atoms with Crippen LogP contribution >= 0.6 is 0 Å². The fraction of sp³-hybridized carbons (Fsp3) is 0. The zero-order valence-corrected chi connectivity index (χ0v) is 8.11. The third-order valence-corrected chi connectivity index (χ3v) is 1.86. The molecule has 2 rings (SSSR count). The fourth-order valence-electron chi connectivity index (χ4n) is 1.09. The van der Waals surface area contributed by atoms with Gasteiger partial charge < -0.3 is 15.5 Å². The molecule has 0 aliphatic carbocycles. The Morgan fingerprint density at radius 2 is 2.25 bits per heavy atom. The molecule has 1 heterocycles. The van der Waals surface area contributed by atoms with E-state index in [2.05, 4.69) is 9.97 Å². The van der Waals surface area contributed by atoms with Gasteiger partial charge in [-0.3, -0.25) is 4.79 Å². The van der Waals surface area contributed by atoms with Crippen LogP contribution in [-0.2, 0) is 0 Å². The van der Waals surface area contributed by atoms with E-state index < -0.39 is 11.4 Å². The Bertz CT molecular complexity index is 568. The zero-order chi connectivity index (χ0) is 11.5. The summed E-state index contributed by atoms with van der Waals surface area (Å²) in [6.45, 7) is 0. The van der Waals surface area contributed by atoms with Gasteiger partial charge in [0.1, 0.15) is 11.6 Å². The van der Waals surface area contributed by atoms with E-state index in [1.54, 1.807) is 0 Å². The molecule has 0 fully saturated rings. The molecular formula is C10H8FN3O2. The molecule has 82 valence electrons. The third-order valence-electron chi connectivity index (χ3n) is 1.86. The Hall–Kier alpha value is -2.37. The monoisotopic (exact) mass is 221 g/mol. The van der Waals surface area contributed by atoms with E-state index in [-0.39, 0.29) is 17.3 Å². The Kier molecular flexibility index (Phi) is 2.55. The zero-order valence-electron chi connectivity index (χ0n) is 8.11. The summed E-state index contributed by atoms with van der Waals surface area (Å²) >= 11 is 0. The summed E-state index contributed by atoms with van der Waals surface area (Å²) < 4.78 is 18.2. The number of benzene rings is 1. The minimum absolute atomic E-state index is 0.0160. The predicted octanol–water partition coefficient (Wildman–Crippen LogP) is 1.28. The Balaban J connectivity index is 2.31. The average Bonchev–Trinajstić information content (AvgIpc) is 2.27. The van der Waals surface area contributed by atoms with Gasteiger partial charge in [-0.2, -0.15) is 0 Å². The molecule has 0 aliphatic rings. The molecule has 0 aliphatic heterocycles. The number of hydrogen-bond donors (Lipinski definition) is 2. The second-order valence-electron chi connectivity index (χ2n) is 3.01. The van der Waals surface area contributed by atoms with Crippen LogP contribution in [0.15, 0.2) is 35.4 Å².